The Morgan fingerprint density at radius 2 is 1.80 bits per heavy atom. The normalized spacial score (nSPS) is 12.2. The minimum Gasteiger partial charge on any atom is -0.382 e. The average Bonchev–Trinajstić information content (AvgIpc) is 2.92. The molecule has 208 valence electrons. The van der Waals surface area contributed by atoms with Gasteiger partial charge in [0.2, 0.25) is 10.0 Å². The number of carbonyl (C=O) groups excluding carboxylic acids is 1. The van der Waals surface area contributed by atoms with Gasteiger partial charge < -0.3 is 11.1 Å². The number of hydrogen-bond donors (Lipinski definition) is 3. The molecule has 3 heterocycles. The Balaban J connectivity index is 1.52. The topological polar surface area (TPSA) is 162 Å². The first-order chi connectivity index (χ1) is 19.5. The SMILES string of the molecule is C[C@H](NC(=O)c1nc(-c2cncc(NS(C)(=O)=O)c2)cnc1N)c1cc2cccc(Cl)c2c(=O)n1-c1ccccc1. The molecule has 0 saturated heterocycles. The Morgan fingerprint density at radius 1 is 1.05 bits per heavy atom. The van der Waals surface area contributed by atoms with Crippen molar-refractivity contribution in [1.82, 2.24) is 24.8 Å². The van der Waals surface area contributed by atoms with Crippen LogP contribution in [0.2, 0.25) is 5.02 Å². The van der Waals surface area contributed by atoms with Crippen LogP contribution in [-0.2, 0) is 10.0 Å². The molecular formula is C28H24ClN7O4S. The van der Waals surface area contributed by atoms with Crippen molar-refractivity contribution in [3.63, 3.8) is 0 Å². The lowest BCUT2D eigenvalue weighted by molar-refractivity contribution is 0.0934. The third-order valence-electron chi connectivity index (χ3n) is 6.18. The number of hydrogen-bond acceptors (Lipinski definition) is 8. The van der Waals surface area contributed by atoms with Crippen molar-refractivity contribution in [3.8, 4) is 16.9 Å². The van der Waals surface area contributed by atoms with E-state index in [1.807, 2.05) is 18.2 Å². The summed E-state index contributed by atoms with van der Waals surface area (Å²) in [6.45, 7) is 1.74. The molecule has 4 N–H and O–H groups in total. The number of fused-ring (bicyclic) bond motifs is 1. The molecule has 0 spiro atoms. The second kappa shape index (κ2) is 11.0. The van der Waals surface area contributed by atoms with Gasteiger partial charge in [0, 0.05) is 23.1 Å². The van der Waals surface area contributed by atoms with Crippen molar-refractivity contribution in [2.24, 2.45) is 0 Å². The standard InChI is InChI=1S/C28H24ClN7O4S/c1-16(23-12-17-7-6-10-21(29)24(17)28(38)36(23)20-8-4-3-5-9-20)33-27(37)25-26(30)32-15-22(34-25)18-11-19(14-31-13-18)35-41(2,39)40/h3-16,35H,1-2H3,(H2,30,32)(H,33,37)/t16-/m0/s1. The molecule has 41 heavy (non-hydrogen) atoms. The zero-order valence-electron chi connectivity index (χ0n) is 21.9. The number of nitrogens with one attached hydrogen (secondary N) is 2. The number of nitrogens with zero attached hydrogens (tertiary/aromatic N) is 4. The third-order valence-corrected chi connectivity index (χ3v) is 7.10. The van der Waals surface area contributed by atoms with Gasteiger partial charge in [0.15, 0.2) is 11.5 Å². The Kier molecular flexibility index (Phi) is 7.43. The number of aromatic nitrogens is 4. The van der Waals surface area contributed by atoms with Gasteiger partial charge in [-0.25, -0.2) is 18.4 Å². The van der Waals surface area contributed by atoms with E-state index in [9.17, 15) is 18.0 Å². The van der Waals surface area contributed by atoms with Crippen molar-refractivity contribution in [1.29, 1.82) is 0 Å². The number of para-hydroxylation sites is 1. The number of nitrogen functional groups attached to an aromatic ring is 1. The van der Waals surface area contributed by atoms with E-state index in [0.717, 1.165) is 6.26 Å². The summed E-state index contributed by atoms with van der Waals surface area (Å²) >= 11 is 6.39. The number of halogens is 1. The van der Waals surface area contributed by atoms with Gasteiger partial charge >= 0.3 is 0 Å². The van der Waals surface area contributed by atoms with E-state index in [1.54, 1.807) is 43.3 Å². The van der Waals surface area contributed by atoms with Gasteiger partial charge in [-0.05, 0) is 42.6 Å². The molecule has 5 rings (SSSR count). The molecule has 1 amide bonds. The Morgan fingerprint density at radius 3 is 2.54 bits per heavy atom. The van der Waals surface area contributed by atoms with Crippen molar-refractivity contribution in [3.05, 3.63) is 106 Å². The first-order valence-corrected chi connectivity index (χ1v) is 14.5. The number of benzene rings is 2. The van der Waals surface area contributed by atoms with E-state index < -0.39 is 22.0 Å². The Hall–Kier alpha value is -4.81. The molecule has 1 atom stereocenters. The van der Waals surface area contributed by atoms with Gasteiger partial charge in [-0.1, -0.05) is 41.9 Å². The molecule has 0 aliphatic carbocycles. The quantitative estimate of drug-likeness (QED) is 0.257. The highest BCUT2D eigenvalue weighted by molar-refractivity contribution is 7.92. The summed E-state index contributed by atoms with van der Waals surface area (Å²) in [6, 6.07) is 16.9. The molecule has 5 aromatic rings. The van der Waals surface area contributed by atoms with Crippen LogP contribution in [0.3, 0.4) is 0 Å². The summed E-state index contributed by atoms with van der Waals surface area (Å²) in [5.74, 6) is -0.733. The molecule has 13 heteroatoms. The van der Waals surface area contributed by atoms with Crippen LogP contribution in [0.25, 0.3) is 27.7 Å². The van der Waals surface area contributed by atoms with Gasteiger partial charge in [0.1, 0.15) is 0 Å². The van der Waals surface area contributed by atoms with E-state index in [2.05, 4.69) is 25.0 Å². The summed E-state index contributed by atoms with van der Waals surface area (Å²) in [4.78, 5) is 39.6. The Bertz CT molecular complexity index is 1960. The molecule has 0 bridgehead atoms. The van der Waals surface area contributed by atoms with E-state index in [4.69, 9.17) is 17.3 Å². The highest BCUT2D eigenvalue weighted by Crippen LogP contribution is 2.26. The third kappa shape index (κ3) is 5.88. The maximum Gasteiger partial charge on any atom is 0.274 e. The second-order valence-electron chi connectivity index (χ2n) is 9.27. The maximum atomic E-state index is 13.7. The molecule has 0 aliphatic rings. The Labute approximate surface area is 240 Å². The van der Waals surface area contributed by atoms with Crippen molar-refractivity contribution in [2.75, 3.05) is 16.7 Å². The summed E-state index contributed by atoms with van der Waals surface area (Å²) < 4.78 is 27.1. The average molecular weight is 590 g/mol. The minimum absolute atomic E-state index is 0.109. The van der Waals surface area contributed by atoms with Gasteiger partial charge in [-0.15, -0.1) is 0 Å². The van der Waals surface area contributed by atoms with E-state index >= 15 is 0 Å². The molecule has 0 saturated carbocycles. The molecule has 0 unspecified atom stereocenters. The number of sulfonamides is 1. The summed E-state index contributed by atoms with van der Waals surface area (Å²) in [5, 5.41) is 4.19. The van der Waals surface area contributed by atoms with Gasteiger partial charge in [-0.3, -0.25) is 23.9 Å². The fraction of sp³-hybridized carbons (Fsp3) is 0.107. The van der Waals surface area contributed by atoms with Crippen LogP contribution in [0.4, 0.5) is 11.5 Å². The predicted molar refractivity (Wildman–Crippen MR) is 159 cm³/mol. The highest BCUT2D eigenvalue weighted by atomic mass is 35.5. The van der Waals surface area contributed by atoms with Crippen LogP contribution in [0.1, 0.15) is 29.1 Å². The highest BCUT2D eigenvalue weighted by Gasteiger charge is 2.22. The predicted octanol–water partition coefficient (Wildman–Crippen LogP) is 3.94. The molecule has 2 aromatic carbocycles. The molecular weight excluding hydrogens is 566 g/mol. The zero-order chi connectivity index (χ0) is 29.3. The first-order valence-electron chi connectivity index (χ1n) is 12.3. The molecule has 11 nitrogen and oxygen atoms in total. The lowest BCUT2D eigenvalue weighted by Gasteiger charge is -2.21. The van der Waals surface area contributed by atoms with Crippen molar-refractivity contribution >= 4 is 49.8 Å². The molecule has 0 fully saturated rings. The summed E-state index contributed by atoms with van der Waals surface area (Å²) in [7, 11) is -3.53. The number of pyridine rings is 2. The minimum atomic E-state index is -3.53. The molecule has 0 radical (unpaired) electrons. The molecule has 3 aromatic heterocycles. The first kappa shape index (κ1) is 27.7. The number of anilines is 2. The van der Waals surface area contributed by atoms with E-state index in [1.165, 1.54) is 29.2 Å². The maximum absolute atomic E-state index is 13.7. The van der Waals surface area contributed by atoms with Crippen LogP contribution in [0.5, 0.6) is 0 Å². The smallest absolute Gasteiger partial charge is 0.274 e. The monoisotopic (exact) mass is 589 g/mol. The van der Waals surface area contributed by atoms with Crippen LogP contribution in [-0.4, -0.2) is 40.1 Å². The van der Waals surface area contributed by atoms with Gasteiger partial charge in [-0.2, -0.15) is 0 Å². The zero-order valence-corrected chi connectivity index (χ0v) is 23.4. The fourth-order valence-electron chi connectivity index (χ4n) is 4.40. The number of carbonyl (C=O) groups is 1. The summed E-state index contributed by atoms with van der Waals surface area (Å²) in [5.41, 5.74) is 7.55. The summed E-state index contributed by atoms with van der Waals surface area (Å²) in [6.07, 6.45) is 5.18. The van der Waals surface area contributed by atoms with Crippen LogP contribution in [0, 0.1) is 0 Å². The van der Waals surface area contributed by atoms with Crippen molar-refractivity contribution in [2.45, 2.75) is 13.0 Å². The van der Waals surface area contributed by atoms with E-state index in [-0.39, 0.29) is 28.5 Å². The number of nitrogens with two attached hydrogens (primary N) is 1. The second-order valence-corrected chi connectivity index (χ2v) is 11.4. The van der Waals surface area contributed by atoms with Gasteiger partial charge in [0.05, 0.1) is 46.5 Å². The lowest BCUT2D eigenvalue weighted by atomic mass is 10.1. The molecule has 0 aliphatic heterocycles. The van der Waals surface area contributed by atoms with Crippen LogP contribution < -0.4 is 21.3 Å². The van der Waals surface area contributed by atoms with Crippen molar-refractivity contribution < 1.29 is 13.2 Å². The van der Waals surface area contributed by atoms with Crippen LogP contribution in [0.15, 0.2) is 84.0 Å². The fourth-order valence-corrected chi connectivity index (χ4v) is 5.20. The lowest BCUT2D eigenvalue weighted by Crippen LogP contribution is -2.33. The van der Waals surface area contributed by atoms with Crippen LogP contribution >= 0.6 is 11.6 Å². The number of amides is 1. The largest absolute Gasteiger partial charge is 0.382 e. The van der Waals surface area contributed by atoms with Gasteiger partial charge in [0.25, 0.3) is 11.5 Å². The van der Waals surface area contributed by atoms with E-state index in [0.29, 0.717) is 32.7 Å². The number of rotatable bonds is 7.